The van der Waals surface area contributed by atoms with Gasteiger partial charge >= 0.3 is 12.0 Å². The summed E-state index contributed by atoms with van der Waals surface area (Å²) in [6.07, 6.45) is -0.348. The summed E-state index contributed by atoms with van der Waals surface area (Å²) in [7, 11) is 0. The van der Waals surface area contributed by atoms with E-state index < -0.39 is 41.3 Å². The number of nitrogens with two attached hydrogens (primary N) is 3. The highest BCUT2D eigenvalue weighted by Gasteiger charge is 2.52. The van der Waals surface area contributed by atoms with Gasteiger partial charge in [0, 0.05) is 0 Å². The van der Waals surface area contributed by atoms with Crippen LogP contribution in [-0.4, -0.2) is 35.0 Å². The molecule has 0 aromatic rings. The van der Waals surface area contributed by atoms with Crippen molar-refractivity contribution in [3.8, 4) is 0 Å². The van der Waals surface area contributed by atoms with E-state index in [1.54, 1.807) is 26.3 Å². The van der Waals surface area contributed by atoms with Gasteiger partial charge in [-0.05, 0) is 25.2 Å². The summed E-state index contributed by atoms with van der Waals surface area (Å²) in [4.78, 5) is 51.7. The Morgan fingerprint density at radius 1 is 1.08 bits per heavy atom. The number of carbonyl (C=O) groups is 4. The third-order valence-electron chi connectivity index (χ3n) is 4.12. The van der Waals surface area contributed by atoms with Crippen LogP contribution in [0.4, 0.5) is 4.79 Å². The normalized spacial score (nSPS) is 14.6. The molecule has 0 spiro atoms. The predicted molar refractivity (Wildman–Crippen MR) is 88.1 cm³/mol. The second kappa shape index (κ2) is 9.82. The topological polar surface area (TPSA) is 188 Å². The number of hydrogen-bond donors (Lipinski definition) is 5. The van der Waals surface area contributed by atoms with E-state index in [9.17, 15) is 24.3 Å². The molecule has 0 saturated carbocycles. The molecule has 0 radical (unpaired) electrons. The molecular formula is C15H28N4O6. The molecule has 25 heavy (non-hydrogen) atoms. The maximum Gasteiger partial charge on any atom is 0.345 e. The molecule has 2 unspecified atom stereocenters. The first-order valence-corrected chi connectivity index (χ1v) is 8.03. The minimum absolute atomic E-state index is 0.0354. The summed E-state index contributed by atoms with van der Waals surface area (Å²) >= 11 is 0. The fourth-order valence-corrected chi connectivity index (χ4v) is 2.80. The Bertz CT molecular complexity index is 496. The van der Waals surface area contributed by atoms with Gasteiger partial charge in [-0.3, -0.25) is 9.59 Å². The average molecular weight is 360 g/mol. The minimum Gasteiger partial charge on any atom is -0.393 e. The number of hydroxylamine groups is 1. The fourth-order valence-electron chi connectivity index (χ4n) is 2.80. The average Bonchev–Trinajstić information content (AvgIpc) is 2.48. The standard InChI is InChI=1S/C15H28N4O6/c1-4-6-15(7-5-9(20)8(2)3,10(11(16)21)12(17)22)13(23)25-19-14(18)24/h8-10,20H,4-7H2,1-3H3,(H2,16,21)(H2,17,22)(H3,18,19,24). The van der Waals surface area contributed by atoms with Gasteiger partial charge in [0.2, 0.25) is 11.8 Å². The van der Waals surface area contributed by atoms with E-state index in [4.69, 9.17) is 17.2 Å². The van der Waals surface area contributed by atoms with Crippen LogP contribution in [0.15, 0.2) is 0 Å². The third kappa shape index (κ3) is 6.22. The van der Waals surface area contributed by atoms with Gasteiger partial charge in [0.15, 0.2) is 0 Å². The smallest absolute Gasteiger partial charge is 0.345 e. The Morgan fingerprint density at radius 2 is 1.60 bits per heavy atom. The zero-order chi connectivity index (χ0) is 19.8. The first-order valence-electron chi connectivity index (χ1n) is 8.03. The van der Waals surface area contributed by atoms with Crippen molar-refractivity contribution in [3.63, 3.8) is 0 Å². The van der Waals surface area contributed by atoms with Crippen LogP contribution in [0.5, 0.6) is 0 Å². The zero-order valence-corrected chi connectivity index (χ0v) is 14.8. The molecule has 0 fully saturated rings. The Morgan fingerprint density at radius 3 is 1.96 bits per heavy atom. The van der Waals surface area contributed by atoms with E-state index in [1.165, 1.54) is 0 Å². The van der Waals surface area contributed by atoms with Crippen molar-refractivity contribution < 1.29 is 29.1 Å². The molecule has 0 aromatic heterocycles. The molecule has 0 rings (SSSR count). The second-order valence-electron chi connectivity index (χ2n) is 6.35. The fraction of sp³-hybridized carbons (Fsp3) is 0.733. The van der Waals surface area contributed by atoms with Crippen LogP contribution in [0.2, 0.25) is 0 Å². The maximum absolute atomic E-state index is 12.6. The highest BCUT2D eigenvalue weighted by molar-refractivity contribution is 6.04. The molecule has 2 atom stereocenters. The van der Waals surface area contributed by atoms with Gasteiger partial charge in [-0.2, -0.15) is 5.48 Å². The highest BCUT2D eigenvalue weighted by Crippen LogP contribution is 2.40. The molecule has 0 saturated heterocycles. The summed E-state index contributed by atoms with van der Waals surface area (Å²) < 4.78 is 0. The number of urea groups is 1. The van der Waals surface area contributed by atoms with Crippen LogP contribution in [-0.2, 0) is 19.2 Å². The summed E-state index contributed by atoms with van der Waals surface area (Å²) in [5.41, 5.74) is 15.4. The monoisotopic (exact) mass is 360 g/mol. The molecule has 10 nitrogen and oxygen atoms in total. The first kappa shape index (κ1) is 22.6. The van der Waals surface area contributed by atoms with Gasteiger partial charge < -0.3 is 27.1 Å². The van der Waals surface area contributed by atoms with Gasteiger partial charge in [0.25, 0.3) is 0 Å². The van der Waals surface area contributed by atoms with E-state index >= 15 is 0 Å². The van der Waals surface area contributed by atoms with E-state index in [1.807, 2.05) is 0 Å². The molecule has 144 valence electrons. The number of primary amides is 3. The Kier molecular flexibility index (Phi) is 8.89. The van der Waals surface area contributed by atoms with Crippen LogP contribution in [0, 0.1) is 17.3 Å². The summed E-state index contributed by atoms with van der Waals surface area (Å²) in [5.74, 6) is -5.01. The summed E-state index contributed by atoms with van der Waals surface area (Å²) in [6, 6.07) is -1.13. The molecular weight excluding hydrogens is 332 g/mol. The van der Waals surface area contributed by atoms with E-state index in [2.05, 4.69) is 4.84 Å². The number of aliphatic hydroxyl groups excluding tert-OH is 1. The quantitative estimate of drug-likeness (QED) is 0.252. The van der Waals surface area contributed by atoms with Crippen molar-refractivity contribution in [2.45, 2.75) is 52.6 Å². The van der Waals surface area contributed by atoms with Crippen LogP contribution >= 0.6 is 0 Å². The molecule has 0 aliphatic heterocycles. The van der Waals surface area contributed by atoms with E-state index in [0.29, 0.717) is 6.42 Å². The van der Waals surface area contributed by atoms with Crippen LogP contribution in [0.1, 0.15) is 46.5 Å². The molecule has 0 aromatic carbocycles. The van der Waals surface area contributed by atoms with Gasteiger partial charge in [-0.15, -0.1) is 0 Å². The molecule has 10 heteroatoms. The Balaban J connectivity index is 5.88. The maximum atomic E-state index is 12.6. The number of nitrogens with one attached hydrogen (secondary N) is 1. The lowest BCUT2D eigenvalue weighted by Gasteiger charge is -2.35. The molecule has 0 aliphatic carbocycles. The lowest BCUT2D eigenvalue weighted by Crippen LogP contribution is -2.53. The van der Waals surface area contributed by atoms with Crippen molar-refractivity contribution in [3.05, 3.63) is 0 Å². The van der Waals surface area contributed by atoms with Crippen LogP contribution in [0.25, 0.3) is 0 Å². The van der Waals surface area contributed by atoms with Crippen molar-refractivity contribution in [1.82, 2.24) is 5.48 Å². The van der Waals surface area contributed by atoms with Crippen LogP contribution < -0.4 is 22.7 Å². The van der Waals surface area contributed by atoms with Crippen molar-refractivity contribution >= 4 is 23.8 Å². The zero-order valence-electron chi connectivity index (χ0n) is 14.8. The van der Waals surface area contributed by atoms with Gasteiger partial charge in [0.05, 0.1) is 11.5 Å². The number of amides is 4. The molecule has 4 amide bonds. The van der Waals surface area contributed by atoms with Crippen molar-refractivity contribution in [2.24, 2.45) is 34.5 Å². The van der Waals surface area contributed by atoms with Gasteiger partial charge in [-0.25, -0.2) is 9.59 Å². The summed E-state index contributed by atoms with van der Waals surface area (Å²) in [6.45, 7) is 5.28. The highest BCUT2D eigenvalue weighted by atomic mass is 16.7. The summed E-state index contributed by atoms with van der Waals surface area (Å²) in [5, 5.41) is 10.0. The van der Waals surface area contributed by atoms with Crippen LogP contribution in [0.3, 0.4) is 0 Å². The number of aliphatic hydroxyl groups is 1. The molecule has 0 aliphatic rings. The number of carbonyl (C=O) groups excluding carboxylic acids is 4. The number of rotatable bonds is 10. The first-order chi connectivity index (χ1) is 11.5. The predicted octanol–water partition coefficient (Wildman–Crippen LogP) is -0.717. The van der Waals surface area contributed by atoms with E-state index in [-0.39, 0.29) is 25.2 Å². The van der Waals surface area contributed by atoms with E-state index in [0.717, 1.165) is 0 Å². The van der Waals surface area contributed by atoms with Gasteiger partial charge in [-0.1, -0.05) is 27.2 Å². The minimum atomic E-state index is -1.72. The SMILES string of the molecule is CCCC(CCC(O)C(C)C)(C(=O)ONC(N)=O)C(C(N)=O)C(N)=O. The molecule has 8 N–H and O–H groups in total. The van der Waals surface area contributed by atoms with Gasteiger partial charge in [0.1, 0.15) is 5.92 Å². The Labute approximate surface area is 146 Å². The largest absolute Gasteiger partial charge is 0.393 e. The lowest BCUT2D eigenvalue weighted by molar-refractivity contribution is -0.171. The third-order valence-corrected chi connectivity index (χ3v) is 4.12. The van der Waals surface area contributed by atoms with Crippen molar-refractivity contribution in [2.75, 3.05) is 0 Å². The lowest BCUT2D eigenvalue weighted by atomic mass is 9.67. The van der Waals surface area contributed by atoms with Crippen molar-refractivity contribution in [1.29, 1.82) is 0 Å². The number of hydrogen-bond acceptors (Lipinski definition) is 6. The molecule has 0 bridgehead atoms. The second-order valence-corrected chi connectivity index (χ2v) is 6.35. The Hall–Kier alpha value is -2.36. The molecule has 0 heterocycles.